The van der Waals surface area contributed by atoms with Gasteiger partial charge in [-0.2, -0.15) is 10.4 Å². The number of halogens is 2. The molecule has 0 radical (unpaired) electrons. The van der Waals surface area contributed by atoms with Crippen molar-refractivity contribution < 1.29 is 18.7 Å². The number of nitrogens with one attached hydrogen (secondary N) is 1. The number of benzene rings is 1. The third-order valence-electron chi connectivity index (χ3n) is 3.17. The minimum absolute atomic E-state index is 0.000929. The van der Waals surface area contributed by atoms with Crippen LogP contribution in [0.25, 0.3) is 5.69 Å². The zero-order chi connectivity index (χ0) is 18.4. The molecule has 0 aliphatic rings. The molecule has 0 aliphatic carbocycles. The van der Waals surface area contributed by atoms with Crippen molar-refractivity contribution >= 4 is 23.5 Å². The van der Waals surface area contributed by atoms with Crippen LogP contribution in [-0.4, -0.2) is 34.8 Å². The van der Waals surface area contributed by atoms with Crippen LogP contribution in [0.2, 0.25) is 5.15 Å². The maximum absolute atomic E-state index is 13.0. The van der Waals surface area contributed by atoms with Crippen molar-refractivity contribution in [2.45, 2.75) is 13.3 Å². The van der Waals surface area contributed by atoms with Gasteiger partial charge in [-0.1, -0.05) is 11.6 Å². The van der Waals surface area contributed by atoms with Gasteiger partial charge in [-0.25, -0.2) is 13.9 Å². The fourth-order valence-corrected chi connectivity index (χ4v) is 2.35. The average Bonchev–Trinajstić information content (AvgIpc) is 2.88. The summed E-state index contributed by atoms with van der Waals surface area (Å²) in [5, 5.41) is 15.0. The summed E-state index contributed by atoms with van der Waals surface area (Å²) in [6.45, 7) is 1.24. The highest BCUT2D eigenvalue weighted by Gasteiger charge is 2.23. The molecule has 2 rings (SSSR count). The first-order valence-electron chi connectivity index (χ1n) is 7.26. The molecule has 25 heavy (non-hydrogen) atoms. The smallest absolute Gasteiger partial charge is 0.343 e. The molecular weight excluding hydrogens is 351 g/mol. The summed E-state index contributed by atoms with van der Waals surface area (Å²) in [6, 6.07) is 7.29. The molecule has 9 heteroatoms. The maximum Gasteiger partial charge on any atom is 0.343 e. The number of ether oxygens (including phenoxy) is 1. The van der Waals surface area contributed by atoms with Crippen molar-refractivity contribution in [3.8, 4) is 11.8 Å². The average molecular weight is 365 g/mol. The molecule has 1 aromatic carbocycles. The van der Waals surface area contributed by atoms with Gasteiger partial charge in [0.15, 0.2) is 6.61 Å². The number of carbonyl (C=O) groups is 2. The molecule has 1 heterocycles. The van der Waals surface area contributed by atoms with Gasteiger partial charge in [-0.15, -0.1) is 0 Å². The van der Waals surface area contributed by atoms with Crippen LogP contribution in [0, 0.1) is 24.1 Å². The number of hydrogen-bond acceptors (Lipinski definition) is 5. The normalized spacial score (nSPS) is 10.2. The van der Waals surface area contributed by atoms with E-state index >= 15 is 0 Å². The zero-order valence-electron chi connectivity index (χ0n) is 13.3. The summed E-state index contributed by atoms with van der Waals surface area (Å²) in [5.41, 5.74) is 0.808. The van der Waals surface area contributed by atoms with E-state index in [1.165, 1.54) is 28.9 Å². The molecule has 0 spiro atoms. The second kappa shape index (κ2) is 8.26. The maximum atomic E-state index is 13.0. The van der Waals surface area contributed by atoms with Gasteiger partial charge in [-0.3, -0.25) is 4.79 Å². The Morgan fingerprint density at radius 3 is 2.72 bits per heavy atom. The monoisotopic (exact) mass is 364 g/mol. The summed E-state index contributed by atoms with van der Waals surface area (Å²) in [5.74, 6) is -1.74. The molecule has 0 unspecified atom stereocenters. The Balaban J connectivity index is 2.09. The quantitative estimate of drug-likeness (QED) is 0.625. The zero-order valence-corrected chi connectivity index (χ0v) is 14.0. The van der Waals surface area contributed by atoms with Crippen molar-refractivity contribution in [2.75, 3.05) is 13.2 Å². The Kier molecular flexibility index (Phi) is 6.08. The van der Waals surface area contributed by atoms with Crippen LogP contribution in [0.4, 0.5) is 4.39 Å². The van der Waals surface area contributed by atoms with E-state index in [1.54, 1.807) is 6.92 Å². The Bertz CT molecular complexity index is 827. The third-order valence-corrected chi connectivity index (χ3v) is 3.52. The molecule has 1 aromatic heterocycles. The first-order chi connectivity index (χ1) is 11.9. The number of aromatic nitrogens is 2. The first-order valence-corrected chi connectivity index (χ1v) is 7.63. The van der Waals surface area contributed by atoms with Crippen molar-refractivity contribution in [3.63, 3.8) is 0 Å². The highest BCUT2D eigenvalue weighted by Crippen LogP contribution is 2.24. The summed E-state index contributed by atoms with van der Waals surface area (Å²) >= 11 is 6.19. The van der Waals surface area contributed by atoms with Crippen LogP contribution in [0.15, 0.2) is 24.3 Å². The lowest BCUT2D eigenvalue weighted by molar-refractivity contribution is -0.124. The van der Waals surface area contributed by atoms with Crippen molar-refractivity contribution in [3.05, 3.63) is 46.5 Å². The lowest BCUT2D eigenvalue weighted by atomic mass is 10.2. The molecule has 0 bridgehead atoms. The third kappa shape index (κ3) is 4.55. The van der Waals surface area contributed by atoms with Gasteiger partial charge in [0, 0.05) is 6.54 Å². The van der Waals surface area contributed by atoms with Crippen LogP contribution in [-0.2, 0) is 9.53 Å². The number of nitriles is 1. The molecule has 130 valence electrons. The molecule has 0 fully saturated rings. The van der Waals surface area contributed by atoms with Gasteiger partial charge in [-0.05, 0) is 31.2 Å². The van der Waals surface area contributed by atoms with E-state index < -0.39 is 24.3 Å². The van der Waals surface area contributed by atoms with Gasteiger partial charge in [0.25, 0.3) is 5.91 Å². The lowest BCUT2D eigenvalue weighted by Crippen LogP contribution is -2.29. The molecular formula is C16H14ClFN4O3. The van der Waals surface area contributed by atoms with Gasteiger partial charge in [0.1, 0.15) is 16.5 Å². The molecule has 0 atom stereocenters. The summed E-state index contributed by atoms with van der Waals surface area (Å²) < 4.78 is 19.2. The molecule has 7 nitrogen and oxygen atoms in total. The van der Waals surface area contributed by atoms with Crippen LogP contribution in [0.3, 0.4) is 0 Å². The van der Waals surface area contributed by atoms with E-state index in [0.29, 0.717) is 11.4 Å². The minimum Gasteiger partial charge on any atom is -0.452 e. The van der Waals surface area contributed by atoms with Crippen molar-refractivity contribution in [1.82, 2.24) is 15.1 Å². The standard InChI is InChI=1S/C16H14ClFN4O3/c1-10-14(16(24)25-9-13(23)20-8-2-7-19)15(17)22(21-10)12-5-3-11(18)4-6-12/h3-6H,2,8-9H2,1H3,(H,20,23). The Morgan fingerprint density at radius 1 is 1.40 bits per heavy atom. The van der Waals surface area contributed by atoms with E-state index in [1.807, 2.05) is 6.07 Å². The summed E-state index contributed by atoms with van der Waals surface area (Å²) in [7, 11) is 0. The van der Waals surface area contributed by atoms with Crippen LogP contribution in [0.5, 0.6) is 0 Å². The second-order valence-electron chi connectivity index (χ2n) is 4.97. The Labute approximate surface area is 147 Å². The fraction of sp³-hybridized carbons (Fsp3) is 0.250. The SMILES string of the molecule is Cc1nn(-c2ccc(F)cc2)c(Cl)c1C(=O)OCC(=O)NCCC#N. The first kappa shape index (κ1) is 18.4. The van der Waals surface area contributed by atoms with E-state index in [0.717, 1.165) is 0 Å². The van der Waals surface area contributed by atoms with E-state index in [2.05, 4.69) is 10.4 Å². The number of rotatable bonds is 6. The molecule has 1 amide bonds. The fourth-order valence-electron chi connectivity index (χ4n) is 2.00. The van der Waals surface area contributed by atoms with Crippen LogP contribution >= 0.6 is 11.6 Å². The number of nitrogens with zero attached hydrogens (tertiary/aromatic N) is 3. The van der Waals surface area contributed by atoms with Crippen LogP contribution in [0.1, 0.15) is 22.5 Å². The van der Waals surface area contributed by atoms with Crippen molar-refractivity contribution in [1.29, 1.82) is 5.26 Å². The van der Waals surface area contributed by atoms with E-state index in [9.17, 15) is 14.0 Å². The van der Waals surface area contributed by atoms with Gasteiger partial charge in [0.2, 0.25) is 0 Å². The lowest BCUT2D eigenvalue weighted by Gasteiger charge is -2.06. The molecule has 1 N–H and O–H groups in total. The minimum atomic E-state index is -0.800. The molecule has 0 saturated carbocycles. The predicted molar refractivity (Wildman–Crippen MR) is 86.8 cm³/mol. The summed E-state index contributed by atoms with van der Waals surface area (Å²) in [6.07, 6.45) is 0.162. The van der Waals surface area contributed by atoms with Gasteiger partial charge < -0.3 is 10.1 Å². The second-order valence-corrected chi connectivity index (χ2v) is 5.33. The summed E-state index contributed by atoms with van der Waals surface area (Å²) in [4.78, 5) is 23.7. The van der Waals surface area contributed by atoms with E-state index in [-0.39, 0.29) is 23.7 Å². The number of carbonyl (C=O) groups excluding carboxylic acids is 2. The molecule has 0 saturated heterocycles. The Hall–Kier alpha value is -2.92. The van der Waals surface area contributed by atoms with Crippen LogP contribution < -0.4 is 5.32 Å². The largest absolute Gasteiger partial charge is 0.452 e. The topological polar surface area (TPSA) is 97.0 Å². The van der Waals surface area contributed by atoms with E-state index in [4.69, 9.17) is 21.6 Å². The number of aryl methyl sites for hydroxylation is 1. The highest BCUT2D eigenvalue weighted by atomic mass is 35.5. The number of amides is 1. The van der Waals surface area contributed by atoms with Crippen molar-refractivity contribution in [2.24, 2.45) is 0 Å². The predicted octanol–water partition coefficient (Wildman–Crippen LogP) is 2.16. The molecule has 0 aliphatic heterocycles. The van der Waals surface area contributed by atoms with Gasteiger partial charge >= 0.3 is 5.97 Å². The number of hydrogen-bond donors (Lipinski definition) is 1. The Morgan fingerprint density at radius 2 is 2.08 bits per heavy atom. The van der Waals surface area contributed by atoms with Gasteiger partial charge in [0.05, 0.1) is 23.9 Å². The molecule has 2 aromatic rings. The highest BCUT2D eigenvalue weighted by molar-refractivity contribution is 6.33. The number of esters is 1.